The molecule has 0 amide bonds. The number of nitrogens with one attached hydrogen (secondary N) is 2. The van der Waals surface area contributed by atoms with Crippen LogP contribution in [0.25, 0.3) is 0 Å². The van der Waals surface area contributed by atoms with Gasteiger partial charge in [-0.05, 0) is 38.1 Å². The number of methoxy groups -OCH3 is 1. The first-order valence-corrected chi connectivity index (χ1v) is 8.83. The SMILES string of the molecule is CCNC(=NCc1ccc(F)cc1C(F)(F)F)NCCN(C)CCCOC. The maximum Gasteiger partial charge on any atom is 0.416 e. The molecular weight excluding hydrogens is 364 g/mol. The van der Waals surface area contributed by atoms with Crippen LogP contribution in [0.1, 0.15) is 24.5 Å². The van der Waals surface area contributed by atoms with E-state index in [1.54, 1.807) is 7.11 Å². The number of likely N-dealkylation sites (N-methyl/N-ethyl adjacent to an activating group) is 1. The molecule has 0 saturated heterocycles. The Kier molecular flexibility index (Phi) is 10.1. The minimum absolute atomic E-state index is 0.0715. The highest BCUT2D eigenvalue weighted by Crippen LogP contribution is 2.32. The Bertz CT molecular complexity index is 593. The van der Waals surface area contributed by atoms with Crippen LogP contribution < -0.4 is 10.6 Å². The molecule has 154 valence electrons. The van der Waals surface area contributed by atoms with Gasteiger partial charge in [0.1, 0.15) is 5.82 Å². The highest BCUT2D eigenvalue weighted by molar-refractivity contribution is 5.79. The lowest BCUT2D eigenvalue weighted by Crippen LogP contribution is -2.41. The standard InChI is InChI=1S/C18H28F4N4O/c1-4-23-17(24-8-10-26(2)9-5-11-27-3)25-13-14-6-7-15(19)12-16(14)18(20,21)22/h6-7,12H,4-5,8-11,13H2,1-3H3,(H2,23,24,25). The topological polar surface area (TPSA) is 48.9 Å². The quantitative estimate of drug-likeness (QED) is 0.278. The Morgan fingerprint density at radius 3 is 2.59 bits per heavy atom. The van der Waals surface area contributed by atoms with Crippen molar-refractivity contribution in [2.45, 2.75) is 26.1 Å². The smallest absolute Gasteiger partial charge is 0.385 e. The largest absolute Gasteiger partial charge is 0.416 e. The number of benzene rings is 1. The number of ether oxygens (including phenoxy) is 1. The van der Waals surface area contributed by atoms with E-state index in [-0.39, 0.29) is 12.1 Å². The van der Waals surface area contributed by atoms with Crippen molar-refractivity contribution in [2.24, 2.45) is 4.99 Å². The Morgan fingerprint density at radius 2 is 1.96 bits per heavy atom. The first-order chi connectivity index (χ1) is 12.8. The molecule has 1 aromatic carbocycles. The fraction of sp³-hybridized carbons (Fsp3) is 0.611. The van der Waals surface area contributed by atoms with Crippen LogP contribution in [0, 0.1) is 5.82 Å². The molecule has 0 unspecified atom stereocenters. The lowest BCUT2D eigenvalue weighted by atomic mass is 10.1. The molecule has 0 bridgehead atoms. The average Bonchev–Trinajstić information content (AvgIpc) is 2.60. The summed E-state index contributed by atoms with van der Waals surface area (Å²) in [6.07, 6.45) is -3.70. The van der Waals surface area contributed by atoms with E-state index >= 15 is 0 Å². The van der Waals surface area contributed by atoms with E-state index in [0.29, 0.717) is 31.7 Å². The molecule has 27 heavy (non-hydrogen) atoms. The Labute approximate surface area is 157 Å². The third kappa shape index (κ3) is 9.05. The predicted octanol–water partition coefficient (Wildman–Crippen LogP) is 2.87. The molecule has 0 aliphatic rings. The molecule has 9 heteroatoms. The third-order valence-electron chi connectivity index (χ3n) is 3.80. The highest BCUT2D eigenvalue weighted by Gasteiger charge is 2.33. The summed E-state index contributed by atoms with van der Waals surface area (Å²) in [4.78, 5) is 6.32. The van der Waals surface area contributed by atoms with E-state index in [1.165, 1.54) is 0 Å². The van der Waals surface area contributed by atoms with Gasteiger partial charge in [-0.3, -0.25) is 0 Å². The minimum Gasteiger partial charge on any atom is -0.385 e. The summed E-state index contributed by atoms with van der Waals surface area (Å²) in [6, 6.07) is 2.63. The van der Waals surface area contributed by atoms with Crippen molar-refractivity contribution in [3.05, 3.63) is 35.1 Å². The van der Waals surface area contributed by atoms with Gasteiger partial charge < -0.3 is 20.3 Å². The van der Waals surface area contributed by atoms with E-state index in [0.717, 1.165) is 31.6 Å². The van der Waals surface area contributed by atoms with Gasteiger partial charge in [-0.1, -0.05) is 6.07 Å². The Morgan fingerprint density at radius 1 is 1.22 bits per heavy atom. The monoisotopic (exact) mass is 392 g/mol. The molecular formula is C18H28F4N4O. The molecule has 5 nitrogen and oxygen atoms in total. The van der Waals surface area contributed by atoms with Crippen molar-refractivity contribution in [3.8, 4) is 0 Å². The van der Waals surface area contributed by atoms with Gasteiger partial charge in [0.25, 0.3) is 0 Å². The molecule has 1 rings (SSSR count). The summed E-state index contributed by atoms with van der Waals surface area (Å²) in [7, 11) is 3.64. The molecule has 1 aromatic rings. The zero-order valence-electron chi connectivity index (χ0n) is 16.0. The lowest BCUT2D eigenvalue weighted by molar-refractivity contribution is -0.138. The summed E-state index contributed by atoms with van der Waals surface area (Å²) < 4.78 is 57.4. The summed E-state index contributed by atoms with van der Waals surface area (Å²) in [6.45, 7) is 5.16. The van der Waals surface area contributed by atoms with Crippen molar-refractivity contribution in [3.63, 3.8) is 0 Å². The van der Waals surface area contributed by atoms with Crippen molar-refractivity contribution < 1.29 is 22.3 Å². The molecule has 2 N–H and O–H groups in total. The van der Waals surface area contributed by atoms with Gasteiger partial charge in [0.15, 0.2) is 5.96 Å². The minimum atomic E-state index is -4.62. The first kappa shape index (κ1) is 23.2. The normalized spacial score (nSPS) is 12.5. The molecule has 0 saturated carbocycles. The van der Waals surface area contributed by atoms with Crippen LogP contribution >= 0.6 is 0 Å². The summed E-state index contributed by atoms with van der Waals surface area (Å²) >= 11 is 0. The van der Waals surface area contributed by atoms with Crippen LogP contribution in [0.5, 0.6) is 0 Å². The van der Waals surface area contributed by atoms with E-state index in [1.807, 2.05) is 14.0 Å². The van der Waals surface area contributed by atoms with Crippen molar-refractivity contribution in [1.82, 2.24) is 15.5 Å². The molecule has 0 aromatic heterocycles. The molecule has 0 aliphatic carbocycles. The van der Waals surface area contributed by atoms with Gasteiger partial charge in [0.2, 0.25) is 0 Å². The lowest BCUT2D eigenvalue weighted by Gasteiger charge is -2.18. The molecule has 0 atom stereocenters. The molecule has 0 spiro atoms. The van der Waals surface area contributed by atoms with Crippen LogP contribution in [0.2, 0.25) is 0 Å². The van der Waals surface area contributed by atoms with Gasteiger partial charge in [0.05, 0.1) is 12.1 Å². The Balaban J connectivity index is 2.66. The zero-order chi connectivity index (χ0) is 20.3. The average molecular weight is 392 g/mol. The number of aliphatic imine (C=N–C) groups is 1. The van der Waals surface area contributed by atoms with Crippen molar-refractivity contribution in [1.29, 1.82) is 0 Å². The van der Waals surface area contributed by atoms with E-state index in [2.05, 4.69) is 20.5 Å². The second-order valence-corrected chi connectivity index (χ2v) is 6.07. The molecule has 0 heterocycles. The molecule has 0 fully saturated rings. The Hall–Kier alpha value is -1.87. The molecule has 0 radical (unpaired) electrons. The number of halogens is 4. The fourth-order valence-corrected chi connectivity index (χ4v) is 2.41. The number of rotatable bonds is 10. The number of hydrogen-bond acceptors (Lipinski definition) is 3. The van der Waals surface area contributed by atoms with Crippen molar-refractivity contribution in [2.75, 3.05) is 46.9 Å². The van der Waals surface area contributed by atoms with Crippen LogP contribution in [-0.4, -0.2) is 57.8 Å². The van der Waals surface area contributed by atoms with E-state index < -0.39 is 17.6 Å². The fourth-order valence-electron chi connectivity index (χ4n) is 2.41. The maximum absolute atomic E-state index is 13.2. The van der Waals surface area contributed by atoms with Crippen LogP contribution in [0.3, 0.4) is 0 Å². The number of alkyl halides is 3. The van der Waals surface area contributed by atoms with E-state index in [9.17, 15) is 17.6 Å². The van der Waals surface area contributed by atoms with Crippen LogP contribution in [0.4, 0.5) is 17.6 Å². The van der Waals surface area contributed by atoms with Crippen LogP contribution in [-0.2, 0) is 17.5 Å². The molecule has 0 aliphatic heterocycles. The number of guanidine groups is 1. The zero-order valence-corrected chi connectivity index (χ0v) is 16.0. The van der Waals surface area contributed by atoms with Gasteiger partial charge in [-0.2, -0.15) is 13.2 Å². The first-order valence-electron chi connectivity index (χ1n) is 8.83. The number of nitrogens with zero attached hydrogens (tertiary/aromatic N) is 2. The predicted molar refractivity (Wildman–Crippen MR) is 98.2 cm³/mol. The van der Waals surface area contributed by atoms with Gasteiger partial charge in [-0.25, -0.2) is 9.38 Å². The van der Waals surface area contributed by atoms with Gasteiger partial charge >= 0.3 is 6.18 Å². The van der Waals surface area contributed by atoms with Crippen LogP contribution in [0.15, 0.2) is 23.2 Å². The third-order valence-corrected chi connectivity index (χ3v) is 3.80. The highest BCUT2D eigenvalue weighted by atomic mass is 19.4. The summed E-state index contributed by atoms with van der Waals surface area (Å²) in [5.41, 5.74) is -1.07. The van der Waals surface area contributed by atoms with E-state index in [4.69, 9.17) is 4.74 Å². The second kappa shape index (κ2) is 11.8. The van der Waals surface area contributed by atoms with Gasteiger partial charge in [-0.15, -0.1) is 0 Å². The maximum atomic E-state index is 13.2. The van der Waals surface area contributed by atoms with Crippen molar-refractivity contribution >= 4 is 5.96 Å². The number of hydrogen-bond donors (Lipinski definition) is 2. The summed E-state index contributed by atoms with van der Waals surface area (Å²) in [5.74, 6) is -0.503. The van der Waals surface area contributed by atoms with Gasteiger partial charge in [0, 0.05) is 39.9 Å². The second-order valence-electron chi connectivity index (χ2n) is 6.07. The summed E-state index contributed by atoms with van der Waals surface area (Å²) in [5, 5.41) is 6.09.